The molecule has 0 unspecified atom stereocenters. The van der Waals surface area contributed by atoms with E-state index in [1.165, 1.54) is 7.11 Å². The van der Waals surface area contributed by atoms with Crippen LogP contribution in [0.1, 0.15) is 26.3 Å². The number of ether oxygens (including phenoxy) is 2. The monoisotopic (exact) mass is 474 g/mol. The van der Waals surface area contributed by atoms with Crippen LogP contribution >= 0.6 is 0 Å². The lowest BCUT2D eigenvalue weighted by molar-refractivity contribution is -0.120. The van der Waals surface area contributed by atoms with Gasteiger partial charge in [0.15, 0.2) is 5.76 Å². The molecule has 4 aromatic rings. The number of amides is 1. The third kappa shape index (κ3) is 5.50. The highest BCUT2D eigenvalue weighted by Crippen LogP contribution is 2.33. The molecule has 8 heteroatoms. The molecule has 0 spiro atoms. The maximum atomic E-state index is 13.6. The second kappa shape index (κ2) is 9.99. The van der Waals surface area contributed by atoms with E-state index in [2.05, 4.69) is 4.98 Å². The molecule has 0 aliphatic carbocycles. The van der Waals surface area contributed by atoms with Gasteiger partial charge in [0.2, 0.25) is 23.5 Å². The second-order valence-electron chi connectivity index (χ2n) is 8.77. The number of pyridine rings is 1. The number of hydroxylamine groups is 1. The van der Waals surface area contributed by atoms with Gasteiger partial charge in [-0.1, -0.05) is 30.3 Å². The number of hydrogen-bond acceptors (Lipinski definition) is 7. The average Bonchev–Trinajstić information content (AvgIpc) is 2.86. The Morgan fingerprint density at radius 1 is 1.06 bits per heavy atom. The average molecular weight is 475 g/mol. The topological polar surface area (TPSA) is 91.1 Å². The molecule has 4 rings (SSSR count). The lowest BCUT2D eigenvalue weighted by atomic mass is 10.1. The number of carbonyl (C=O) groups excluding carboxylic acids is 1. The van der Waals surface area contributed by atoms with E-state index >= 15 is 0 Å². The number of nitrogens with zero attached hydrogens (tertiary/aromatic N) is 2. The molecule has 0 N–H and O–H groups in total. The number of fused-ring (bicyclic) bond motifs is 1. The van der Waals surface area contributed by atoms with Crippen molar-refractivity contribution in [2.45, 2.75) is 33.0 Å². The fourth-order valence-corrected chi connectivity index (χ4v) is 3.42. The Kier molecular flexibility index (Phi) is 6.84. The van der Waals surface area contributed by atoms with E-state index in [4.69, 9.17) is 18.7 Å². The first kappa shape index (κ1) is 24.0. The summed E-state index contributed by atoms with van der Waals surface area (Å²) in [6, 6.07) is 17.7. The van der Waals surface area contributed by atoms with Crippen molar-refractivity contribution in [1.29, 1.82) is 0 Å². The summed E-state index contributed by atoms with van der Waals surface area (Å²) in [5.41, 5.74) is 1.18. The smallest absolute Gasteiger partial charge is 0.238 e. The first-order valence-corrected chi connectivity index (χ1v) is 11.0. The molecule has 0 aliphatic heterocycles. The lowest BCUT2D eigenvalue weighted by Gasteiger charge is -2.26. The van der Waals surface area contributed by atoms with Crippen LogP contribution in [0.5, 0.6) is 11.6 Å². The van der Waals surface area contributed by atoms with Gasteiger partial charge in [-0.05, 0) is 50.6 Å². The molecule has 180 valence electrons. The van der Waals surface area contributed by atoms with Crippen molar-refractivity contribution in [2.24, 2.45) is 0 Å². The van der Waals surface area contributed by atoms with Gasteiger partial charge in [0.1, 0.15) is 12.2 Å². The van der Waals surface area contributed by atoms with Crippen molar-refractivity contribution >= 4 is 23.1 Å². The largest absolute Gasteiger partial charge is 0.481 e. The number of aromatic nitrogens is 1. The van der Waals surface area contributed by atoms with Crippen LogP contribution in [0, 0.1) is 0 Å². The maximum absolute atomic E-state index is 13.6. The van der Waals surface area contributed by atoms with Gasteiger partial charge >= 0.3 is 0 Å². The molecule has 0 bridgehead atoms. The number of anilines is 1. The van der Waals surface area contributed by atoms with Crippen LogP contribution < -0.4 is 20.0 Å². The predicted molar refractivity (Wildman–Crippen MR) is 132 cm³/mol. The van der Waals surface area contributed by atoms with E-state index in [0.717, 1.165) is 10.6 Å². The third-order valence-electron chi connectivity index (χ3n) is 4.99. The summed E-state index contributed by atoms with van der Waals surface area (Å²) in [6.07, 6.45) is 2.11. The van der Waals surface area contributed by atoms with Gasteiger partial charge < -0.3 is 13.9 Å². The number of rotatable bonds is 8. The molecule has 35 heavy (non-hydrogen) atoms. The summed E-state index contributed by atoms with van der Waals surface area (Å²) in [7, 11) is 1.52. The number of carbonyl (C=O) groups is 1. The maximum Gasteiger partial charge on any atom is 0.238 e. The van der Waals surface area contributed by atoms with Crippen molar-refractivity contribution < 1.29 is 23.5 Å². The van der Waals surface area contributed by atoms with Crippen molar-refractivity contribution in [3.63, 3.8) is 0 Å². The van der Waals surface area contributed by atoms with Gasteiger partial charge in [0.25, 0.3) is 0 Å². The van der Waals surface area contributed by atoms with Crippen LogP contribution in [-0.2, 0) is 16.2 Å². The second-order valence-corrected chi connectivity index (χ2v) is 8.77. The lowest BCUT2D eigenvalue weighted by Crippen LogP contribution is -2.33. The van der Waals surface area contributed by atoms with Crippen molar-refractivity contribution in [2.75, 3.05) is 12.2 Å². The fraction of sp³-hybridized carbons (Fsp3) is 0.222. The molecule has 0 saturated heterocycles. The standard InChI is InChI=1S/C27H26N2O6/c1-27(2,3)35-29(17-30)20-11-12-22-21(14-20)24(31)26(33-16-18-8-6-5-7-9-18)25(34-22)19-10-13-23(32-4)28-15-19/h5-15,17H,16H2,1-4H3. The van der Waals surface area contributed by atoms with E-state index in [1.54, 1.807) is 36.5 Å². The van der Waals surface area contributed by atoms with Gasteiger partial charge in [-0.3, -0.25) is 14.4 Å². The number of hydrogen-bond donors (Lipinski definition) is 0. The van der Waals surface area contributed by atoms with Crippen LogP contribution in [0.4, 0.5) is 5.69 Å². The van der Waals surface area contributed by atoms with Gasteiger partial charge in [0.05, 0.1) is 23.8 Å². The Labute approximate surface area is 202 Å². The first-order valence-electron chi connectivity index (χ1n) is 11.0. The van der Waals surface area contributed by atoms with Crippen molar-refractivity contribution in [3.05, 3.63) is 82.6 Å². The molecule has 2 heterocycles. The summed E-state index contributed by atoms with van der Waals surface area (Å²) in [6.45, 7) is 5.64. The summed E-state index contributed by atoms with van der Waals surface area (Å²) in [5, 5.41) is 1.34. The van der Waals surface area contributed by atoms with Gasteiger partial charge in [0, 0.05) is 17.8 Å². The molecule has 0 radical (unpaired) electrons. The molecule has 0 atom stereocenters. The van der Waals surface area contributed by atoms with E-state index in [9.17, 15) is 9.59 Å². The zero-order valence-electron chi connectivity index (χ0n) is 20.0. The Bertz CT molecular complexity index is 1380. The van der Waals surface area contributed by atoms with Crippen LogP contribution in [-0.4, -0.2) is 24.1 Å². The quantitative estimate of drug-likeness (QED) is 0.258. The minimum absolute atomic E-state index is 0.0415. The summed E-state index contributed by atoms with van der Waals surface area (Å²) in [5.74, 6) is 0.723. The molecule has 0 fully saturated rings. The normalized spacial score (nSPS) is 11.3. The van der Waals surface area contributed by atoms with Crippen LogP contribution in [0.15, 0.2) is 76.1 Å². The fourth-order valence-electron chi connectivity index (χ4n) is 3.42. The minimum atomic E-state index is -0.615. The number of benzene rings is 2. The van der Waals surface area contributed by atoms with Gasteiger partial charge in [-0.15, -0.1) is 0 Å². The Balaban J connectivity index is 1.83. The molecule has 8 nitrogen and oxygen atoms in total. The first-order chi connectivity index (χ1) is 16.8. The molecule has 2 aromatic heterocycles. The highest BCUT2D eigenvalue weighted by Gasteiger charge is 2.22. The third-order valence-corrected chi connectivity index (χ3v) is 4.99. The van der Waals surface area contributed by atoms with Crippen LogP contribution in [0.3, 0.4) is 0 Å². The molecule has 2 aromatic carbocycles. The highest BCUT2D eigenvalue weighted by molar-refractivity contribution is 5.87. The number of methoxy groups -OCH3 is 1. The van der Waals surface area contributed by atoms with E-state index in [0.29, 0.717) is 29.1 Å². The molecule has 0 saturated carbocycles. The Morgan fingerprint density at radius 2 is 1.83 bits per heavy atom. The summed E-state index contributed by atoms with van der Waals surface area (Å²) in [4.78, 5) is 35.2. The van der Waals surface area contributed by atoms with Crippen molar-refractivity contribution in [3.8, 4) is 23.0 Å². The summed E-state index contributed by atoms with van der Waals surface area (Å²) >= 11 is 0. The van der Waals surface area contributed by atoms with Crippen molar-refractivity contribution in [1.82, 2.24) is 4.98 Å². The van der Waals surface area contributed by atoms with Crippen LogP contribution in [0.25, 0.3) is 22.3 Å². The van der Waals surface area contributed by atoms with Gasteiger partial charge in [-0.2, -0.15) is 5.06 Å². The van der Waals surface area contributed by atoms with Gasteiger partial charge in [-0.25, -0.2) is 4.98 Å². The molecular weight excluding hydrogens is 448 g/mol. The van der Waals surface area contributed by atoms with E-state index in [-0.39, 0.29) is 28.9 Å². The zero-order chi connectivity index (χ0) is 25.0. The highest BCUT2D eigenvalue weighted by atomic mass is 16.7. The summed E-state index contributed by atoms with van der Waals surface area (Å²) < 4.78 is 17.3. The minimum Gasteiger partial charge on any atom is -0.481 e. The van der Waals surface area contributed by atoms with E-state index in [1.807, 2.05) is 51.1 Å². The Morgan fingerprint density at radius 3 is 2.46 bits per heavy atom. The predicted octanol–water partition coefficient (Wildman–Crippen LogP) is 5.14. The molecule has 1 amide bonds. The molecule has 0 aliphatic rings. The SMILES string of the molecule is COc1ccc(-c2oc3ccc(N(C=O)OC(C)(C)C)cc3c(=O)c2OCc2ccccc2)cn1. The Hall–Kier alpha value is -4.17. The zero-order valence-corrected chi connectivity index (χ0v) is 20.0. The molecular formula is C27H26N2O6. The van der Waals surface area contributed by atoms with E-state index < -0.39 is 5.60 Å². The van der Waals surface area contributed by atoms with Crippen LogP contribution in [0.2, 0.25) is 0 Å².